The largest absolute Gasteiger partial charge is 0.371 e. The molecule has 0 spiro atoms. The highest BCUT2D eigenvalue weighted by atomic mass is 15.1. The molecular weight excluding hydrogens is 436 g/mol. The van der Waals surface area contributed by atoms with Crippen LogP contribution in [0.25, 0.3) is 21.5 Å². The molecule has 0 atom stereocenters. The monoisotopic (exact) mass is 488 g/mol. The van der Waals surface area contributed by atoms with Crippen LogP contribution < -0.4 is 9.80 Å². The molecule has 3 aromatic rings. The number of rotatable bonds is 18. The van der Waals surface area contributed by atoms with Gasteiger partial charge < -0.3 is 9.80 Å². The Morgan fingerprint density at radius 2 is 0.750 bits per heavy atom. The first-order valence-corrected chi connectivity index (χ1v) is 15.2. The number of unbranched alkanes of at least 4 members (excludes halogenated alkanes) is 8. The maximum Gasteiger partial charge on any atom is 0.0452 e. The summed E-state index contributed by atoms with van der Waals surface area (Å²) in [5.74, 6) is 0. The van der Waals surface area contributed by atoms with E-state index in [-0.39, 0.29) is 0 Å². The number of nitrogens with zero attached hydrogens (tertiary/aromatic N) is 2. The molecule has 0 aliphatic carbocycles. The number of benzene rings is 3. The molecule has 3 aromatic carbocycles. The summed E-state index contributed by atoms with van der Waals surface area (Å²) in [4.78, 5) is 5.42. The fourth-order valence-electron chi connectivity index (χ4n) is 5.56. The van der Waals surface area contributed by atoms with E-state index in [0.29, 0.717) is 0 Å². The van der Waals surface area contributed by atoms with Gasteiger partial charge in [-0.1, -0.05) is 115 Å². The molecular formula is C34H52N2. The third-order valence-corrected chi connectivity index (χ3v) is 7.65. The number of hydrogen-bond donors (Lipinski definition) is 0. The minimum absolute atomic E-state index is 1.16. The van der Waals surface area contributed by atoms with E-state index in [1.807, 2.05) is 0 Å². The van der Waals surface area contributed by atoms with Crippen molar-refractivity contribution in [2.45, 2.75) is 105 Å². The predicted octanol–water partition coefficient (Wildman–Crippen LogP) is 10.4. The lowest BCUT2D eigenvalue weighted by atomic mass is 9.97. The van der Waals surface area contributed by atoms with Gasteiger partial charge in [0.05, 0.1) is 0 Å². The maximum absolute atomic E-state index is 2.71. The topological polar surface area (TPSA) is 6.48 Å². The van der Waals surface area contributed by atoms with Crippen molar-refractivity contribution in [1.29, 1.82) is 0 Å². The average Bonchev–Trinajstić information content (AvgIpc) is 2.91. The van der Waals surface area contributed by atoms with Crippen molar-refractivity contribution >= 4 is 32.9 Å². The van der Waals surface area contributed by atoms with Crippen LogP contribution in [0.1, 0.15) is 105 Å². The van der Waals surface area contributed by atoms with Crippen molar-refractivity contribution in [3.8, 4) is 0 Å². The summed E-state index contributed by atoms with van der Waals surface area (Å²) < 4.78 is 0. The third kappa shape index (κ3) is 7.64. The molecule has 0 fully saturated rings. The third-order valence-electron chi connectivity index (χ3n) is 7.65. The zero-order valence-electron chi connectivity index (χ0n) is 23.8. The van der Waals surface area contributed by atoms with Crippen LogP contribution in [-0.4, -0.2) is 26.2 Å². The van der Waals surface area contributed by atoms with Gasteiger partial charge in [0, 0.05) is 48.3 Å². The van der Waals surface area contributed by atoms with Crippen LogP contribution in [0.4, 0.5) is 11.4 Å². The standard InChI is InChI=1S/C34H52N2/c1-5-9-13-25-35(26-14-10-6-2)31-21-17-19-29-23-24-30-20-18-22-32(34(30)33(29)31)36(27-15-11-7-3)28-16-12-8-4/h17-24H,5-16,25-28H2,1-4H3. The molecule has 0 aliphatic rings. The summed E-state index contributed by atoms with van der Waals surface area (Å²) >= 11 is 0. The molecule has 0 N–H and O–H groups in total. The second-order valence-corrected chi connectivity index (χ2v) is 10.6. The second-order valence-electron chi connectivity index (χ2n) is 10.6. The van der Waals surface area contributed by atoms with Crippen molar-refractivity contribution in [2.75, 3.05) is 36.0 Å². The van der Waals surface area contributed by atoms with E-state index in [2.05, 4.69) is 86.0 Å². The van der Waals surface area contributed by atoms with Gasteiger partial charge >= 0.3 is 0 Å². The first-order chi connectivity index (χ1) is 17.7. The molecule has 0 aromatic heterocycles. The van der Waals surface area contributed by atoms with Crippen molar-refractivity contribution in [3.05, 3.63) is 48.5 Å². The van der Waals surface area contributed by atoms with Gasteiger partial charge in [-0.3, -0.25) is 0 Å². The first-order valence-electron chi connectivity index (χ1n) is 15.2. The lowest BCUT2D eigenvalue weighted by Gasteiger charge is -2.30. The van der Waals surface area contributed by atoms with Gasteiger partial charge in [-0.2, -0.15) is 0 Å². The zero-order chi connectivity index (χ0) is 25.6. The number of hydrogen-bond acceptors (Lipinski definition) is 2. The minimum Gasteiger partial charge on any atom is -0.371 e. The molecule has 0 saturated carbocycles. The normalized spacial score (nSPS) is 11.4. The summed E-state index contributed by atoms with van der Waals surface area (Å²) in [7, 11) is 0. The molecule has 3 rings (SSSR count). The highest BCUT2D eigenvalue weighted by Crippen LogP contribution is 2.39. The fraction of sp³-hybridized carbons (Fsp3) is 0.588. The van der Waals surface area contributed by atoms with Crippen LogP contribution in [-0.2, 0) is 0 Å². The first kappa shape index (κ1) is 28.4. The SMILES string of the molecule is CCCCCN(CCCCC)c1cccc2ccc3cccc(N(CCCCC)CCCCC)c3c12. The van der Waals surface area contributed by atoms with E-state index in [9.17, 15) is 0 Å². The number of anilines is 2. The highest BCUT2D eigenvalue weighted by molar-refractivity contribution is 6.18. The molecule has 0 heterocycles. The molecule has 36 heavy (non-hydrogen) atoms. The van der Waals surface area contributed by atoms with Gasteiger partial charge in [0.25, 0.3) is 0 Å². The van der Waals surface area contributed by atoms with Crippen LogP contribution >= 0.6 is 0 Å². The van der Waals surface area contributed by atoms with Gasteiger partial charge in [0.1, 0.15) is 0 Å². The van der Waals surface area contributed by atoms with E-state index in [0.717, 1.165) is 26.2 Å². The van der Waals surface area contributed by atoms with E-state index in [1.54, 1.807) is 0 Å². The minimum atomic E-state index is 1.16. The van der Waals surface area contributed by atoms with E-state index >= 15 is 0 Å². The Hall–Kier alpha value is -2.22. The Bertz CT molecular complexity index is 922. The van der Waals surface area contributed by atoms with Gasteiger partial charge in [-0.15, -0.1) is 0 Å². The van der Waals surface area contributed by atoms with Crippen LogP contribution in [0, 0.1) is 0 Å². The van der Waals surface area contributed by atoms with Crippen LogP contribution in [0.5, 0.6) is 0 Å². The van der Waals surface area contributed by atoms with Crippen LogP contribution in [0.3, 0.4) is 0 Å². The van der Waals surface area contributed by atoms with Gasteiger partial charge in [0.15, 0.2) is 0 Å². The fourth-order valence-corrected chi connectivity index (χ4v) is 5.56. The molecule has 0 radical (unpaired) electrons. The maximum atomic E-state index is 2.71. The molecule has 0 amide bonds. The summed E-state index contributed by atoms with van der Waals surface area (Å²) in [6.45, 7) is 13.9. The van der Waals surface area contributed by atoms with Crippen LogP contribution in [0.15, 0.2) is 48.5 Å². The van der Waals surface area contributed by atoms with Crippen molar-refractivity contribution in [1.82, 2.24) is 0 Å². The van der Waals surface area contributed by atoms with Gasteiger partial charge in [-0.05, 0) is 48.6 Å². The average molecular weight is 489 g/mol. The lowest BCUT2D eigenvalue weighted by Crippen LogP contribution is -2.27. The smallest absolute Gasteiger partial charge is 0.0452 e. The van der Waals surface area contributed by atoms with Crippen molar-refractivity contribution in [2.24, 2.45) is 0 Å². The van der Waals surface area contributed by atoms with Gasteiger partial charge in [-0.25, -0.2) is 0 Å². The molecule has 2 heteroatoms. The lowest BCUT2D eigenvalue weighted by molar-refractivity contribution is 0.637. The Morgan fingerprint density at radius 3 is 1.06 bits per heavy atom. The van der Waals surface area contributed by atoms with Crippen molar-refractivity contribution < 1.29 is 0 Å². The van der Waals surface area contributed by atoms with E-state index < -0.39 is 0 Å². The number of fused-ring (bicyclic) bond motifs is 3. The molecule has 2 nitrogen and oxygen atoms in total. The van der Waals surface area contributed by atoms with E-state index in [1.165, 1.54) is 110 Å². The van der Waals surface area contributed by atoms with Gasteiger partial charge in [0.2, 0.25) is 0 Å². The van der Waals surface area contributed by atoms with Crippen LogP contribution in [0.2, 0.25) is 0 Å². The Morgan fingerprint density at radius 1 is 0.417 bits per heavy atom. The molecule has 0 saturated heterocycles. The Balaban J connectivity index is 2.13. The second kappa shape index (κ2) is 15.8. The zero-order valence-corrected chi connectivity index (χ0v) is 23.8. The Labute approximate surface area is 222 Å². The molecule has 0 unspecified atom stereocenters. The molecule has 0 bridgehead atoms. The molecule has 0 aliphatic heterocycles. The Kier molecular flexibility index (Phi) is 12.4. The van der Waals surface area contributed by atoms with Crippen molar-refractivity contribution in [3.63, 3.8) is 0 Å². The predicted molar refractivity (Wildman–Crippen MR) is 164 cm³/mol. The summed E-state index contributed by atoms with van der Waals surface area (Å²) in [5.41, 5.74) is 2.89. The summed E-state index contributed by atoms with van der Waals surface area (Å²) in [6.07, 6.45) is 15.4. The quantitative estimate of drug-likeness (QED) is 0.130. The summed E-state index contributed by atoms with van der Waals surface area (Å²) in [5, 5.41) is 5.69. The highest BCUT2D eigenvalue weighted by Gasteiger charge is 2.17. The summed E-state index contributed by atoms with van der Waals surface area (Å²) in [6, 6.07) is 18.7. The van der Waals surface area contributed by atoms with E-state index in [4.69, 9.17) is 0 Å². The molecule has 198 valence electrons.